The van der Waals surface area contributed by atoms with Crippen molar-refractivity contribution in [1.82, 2.24) is 14.3 Å². The Kier molecular flexibility index (Phi) is 3.62. The molecule has 0 aromatic carbocycles. The van der Waals surface area contributed by atoms with E-state index >= 15 is 0 Å². The maximum absolute atomic E-state index is 8.95. The van der Waals surface area contributed by atoms with E-state index in [1.807, 2.05) is 26.0 Å². The van der Waals surface area contributed by atoms with E-state index in [0.29, 0.717) is 10.7 Å². The summed E-state index contributed by atoms with van der Waals surface area (Å²) in [7, 11) is 0. The molecule has 86 valence electrons. The Balaban J connectivity index is 2.35. The van der Waals surface area contributed by atoms with E-state index < -0.39 is 0 Å². The second kappa shape index (κ2) is 5.00. The number of hydrogen-bond donors (Lipinski definition) is 0. The Morgan fingerprint density at radius 3 is 2.59 bits per heavy atom. The quantitative estimate of drug-likeness (QED) is 0.791. The number of rotatable bonds is 2. The van der Waals surface area contributed by atoms with Gasteiger partial charge in [0.15, 0.2) is 10.3 Å². The van der Waals surface area contributed by atoms with Gasteiger partial charge in [-0.2, -0.15) is 9.64 Å². The van der Waals surface area contributed by atoms with E-state index in [9.17, 15) is 0 Å². The highest BCUT2D eigenvalue weighted by atomic mass is 35.5. The van der Waals surface area contributed by atoms with Crippen molar-refractivity contribution in [3.8, 4) is 6.07 Å². The fourth-order valence-electron chi connectivity index (χ4n) is 1.24. The first kappa shape index (κ1) is 12.3. The summed E-state index contributed by atoms with van der Waals surface area (Å²) in [5, 5.41) is 9.80. The summed E-state index contributed by atoms with van der Waals surface area (Å²) in [6.45, 7) is 3.81. The van der Waals surface area contributed by atoms with Gasteiger partial charge in [0.05, 0.1) is 0 Å². The van der Waals surface area contributed by atoms with Crippen molar-refractivity contribution in [3.05, 3.63) is 28.2 Å². The summed E-state index contributed by atoms with van der Waals surface area (Å²) in [6.07, 6.45) is 0. The van der Waals surface area contributed by atoms with Gasteiger partial charge in [-0.05, 0) is 43.2 Å². The number of nitriles is 1. The Labute approximate surface area is 112 Å². The largest absolute Gasteiger partial charge is 0.228 e. The third-order valence-corrected chi connectivity index (χ3v) is 4.12. The average molecular weight is 283 g/mol. The normalized spacial score (nSPS) is 10.2. The highest BCUT2D eigenvalue weighted by Crippen LogP contribution is 2.35. The molecular formula is C10H7ClN4S2. The molecular weight excluding hydrogens is 276 g/mol. The van der Waals surface area contributed by atoms with Crippen molar-refractivity contribution in [2.24, 2.45) is 0 Å². The van der Waals surface area contributed by atoms with Gasteiger partial charge in [0, 0.05) is 11.4 Å². The third kappa shape index (κ3) is 2.75. The molecule has 0 spiro atoms. The fraction of sp³-hybridized carbons (Fsp3) is 0.200. The van der Waals surface area contributed by atoms with Crippen LogP contribution in [-0.2, 0) is 0 Å². The number of aryl methyl sites for hydroxylation is 2. The van der Waals surface area contributed by atoms with Crippen molar-refractivity contribution in [2.75, 3.05) is 0 Å². The van der Waals surface area contributed by atoms with E-state index in [-0.39, 0.29) is 5.15 Å². The lowest BCUT2D eigenvalue weighted by atomic mass is 10.4. The van der Waals surface area contributed by atoms with Gasteiger partial charge < -0.3 is 0 Å². The molecule has 0 fully saturated rings. The molecule has 4 nitrogen and oxygen atoms in total. The van der Waals surface area contributed by atoms with Gasteiger partial charge in [0.25, 0.3) is 0 Å². The Bertz CT molecular complexity index is 583. The van der Waals surface area contributed by atoms with Gasteiger partial charge >= 0.3 is 0 Å². The molecule has 7 heteroatoms. The molecule has 17 heavy (non-hydrogen) atoms. The summed E-state index contributed by atoms with van der Waals surface area (Å²) in [6, 6.07) is 3.93. The molecule has 0 saturated carbocycles. The first-order valence-corrected chi connectivity index (χ1v) is 6.62. The van der Waals surface area contributed by atoms with E-state index in [1.54, 1.807) is 0 Å². The predicted molar refractivity (Wildman–Crippen MR) is 67.5 cm³/mol. The molecule has 2 rings (SSSR count). The Hall–Kier alpha value is -1.16. The van der Waals surface area contributed by atoms with Gasteiger partial charge in [-0.15, -0.1) is 0 Å². The maximum Gasteiger partial charge on any atom is 0.193 e. The van der Waals surface area contributed by atoms with Gasteiger partial charge in [0.2, 0.25) is 0 Å². The second-order valence-electron chi connectivity index (χ2n) is 3.28. The lowest BCUT2D eigenvalue weighted by molar-refractivity contribution is 0.903. The maximum atomic E-state index is 8.95. The van der Waals surface area contributed by atoms with Gasteiger partial charge in [-0.25, -0.2) is 9.97 Å². The Morgan fingerprint density at radius 1 is 1.35 bits per heavy atom. The standard InChI is InChI=1S/C10H7ClN4S2/c1-5-3-6(2)14-10(13-5)16-9-7(4-12)8(11)15-17-9/h3H,1-2H3. The van der Waals surface area contributed by atoms with Crippen LogP contribution in [-0.4, -0.2) is 14.3 Å². The van der Waals surface area contributed by atoms with Crippen molar-refractivity contribution in [2.45, 2.75) is 23.2 Å². The van der Waals surface area contributed by atoms with Crippen LogP contribution in [0.25, 0.3) is 0 Å². The van der Waals surface area contributed by atoms with Crippen LogP contribution in [0.4, 0.5) is 0 Å². The number of aromatic nitrogens is 3. The highest BCUT2D eigenvalue weighted by molar-refractivity contribution is 8.01. The molecule has 0 radical (unpaired) electrons. The minimum Gasteiger partial charge on any atom is -0.228 e. The van der Waals surface area contributed by atoms with Crippen LogP contribution in [0.3, 0.4) is 0 Å². The molecule has 2 heterocycles. The van der Waals surface area contributed by atoms with E-state index in [4.69, 9.17) is 16.9 Å². The number of halogens is 1. The van der Waals surface area contributed by atoms with Gasteiger partial charge in [0.1, 0.15) is 15.8 Å². The van der Waals surface area contributed by atoms with E-state index in [2.05, 4.69) is 14.3 Å². The number of hydrogen-bond acceptors (Lipinski definition) is 6. The van der Waals surface area contributed by atoms with E-state index in [0.717, 1.165) is 15.6 Å². The van der Waals surface area contributed by atoms with Crippen molar-refractivity contribution < 1.29 is 0 Å². The molecule has 0 N–H and O–H groups in total. The second-order valence-corrected chi connectivity index (χ2v) is 5.65. The molecule has 0 aliphatic heterocycles. The molecule has 0 aliphatic rings. The van der Waals surface area contributed by atoms with Crippen LogP contribution >= 0.6 is 34.9 Å². The van der Waals surface area contributed by atoms with Crippen LogP contribution in [0.5, 0.6) is 0 Å². The molecule has 0 atom stereocenters. The molecule has 0 aliphatic carbocycles. The fourth-order valence-corrected chi connectivity index (χ4v) is 3.35. The lowest BCUT2D eigenvalue weighted by Gasteiger charge is -2.00. The monoisotopic (exact) mass is 282 g/mol. The smallest absolute Gasteiger partial charge is 0.193 e. The van der Waals surface area contributed by atoms with Crippen LogP contribution < -0.4 is 0 Å². The predicted octanol–water partition coefficient (Wildman–Crippen LogP) is 3.23. The van der Waals surface area contributed by atoms with E-state index in [1.165, 1.54) is 23.3 Å². The van der Waals surface area contributed by atoms with Crippen molar-refractivity contribution in [3.63, 3.8) is 0 Å². The summed E-state index contributed by atoms with van der Waals surface area (Å²) in [5.41, 5.74) is 2.19. The molecule has 0 amide bonds. The van der Waals surface area contributed by atoms with Gasteiger partial charge in [-0.3, -0.25) is 0 Å². The first-order chi connectivity index (χ1) is 8.10. The summed E-state index contributed by atoms with van der Waals surface area (Å²) < 4.78 is 4.66. The average Bonchev–Trinajstić information content (AvgIpc) is 2.57. The first-order valence-electron chi connectivity index (χ1n) is 4.65. The molecule has 0 unspecified atom stereocenters. The zero-order valence-corrected chi connectivity index (χ0v) is 11.4. The molecule has 0 saturated heterocycles. The minimum absolute atomic E-state index is 0.240. The van der Waals surface area contributed by atoms with Crippen molar-refractivity contribution in [1.29, 1.82) is 5.26 Å². The molecule has 2 aromatic heterocycles. The van der Waals surface area contributed by atoms with Crippen LogP contribution in [0, 0.1) is 25.2 Å². The molecule has 0 bridgehead atoms. The zero-order valence-electron chi connectivity index (χ0n) is 9.06. The minimum atomic E-state index is 0.240. The third-order valence-electron chi connectivity index (χ3n) is 1.88. The topological polar surface area (TPSA) is 62.5 Å². The Morgan fingerprint density at radius 2 is 2.00 bits per heavy atom. The summed E-state index contributed by atoms with van der Waals surface area (Å²) >= 11 is 8.30. The van der Waals surface area contributed by atoms with Crippen LogP contribution in [0.15, 0.2) is 15.4 Å². The van der Waals surface area contributed by atoms with Crippen molar-refractivity contribution >= 4 is 34.9 Å². The lowest BCUT2D eigenvalue weighted by Crippen LogP contribution is -1.92. The van der Waals surface area contributed by atoms with Crippen LogP contribution in [0.1, 0.15) is 17.0 Å². The highest BCUT2D eigenvalue weighted by Gasteiger charge is 2.14. The zero-order chi connectivity index (χ0) is 12.4. The number of nitrogens with zero attached hydrogens (tertiary/aromatic N) is 4. The molecule has 2 aromatic rings. The summed E-state index contributed by atoms with van der Waals surface area (Å²) in [4.78, 5) is 8.58. The SMILES string of the molecule is Cc1cc(C)nc(Sc2snc(Cl)c2C#N)n1. The van der Waals surface area contributed by atoms with Gasteiger partial charge in [-0.1, -0.05) is 11.6 Å². The summed E-state index contributed by atoms with van der Waals surface area (Å²) in [5.74, 6) is 0. The van der Waals surface area contributed by atoms with Crippen LogP contribution in [0.2, 0.25) is 5.15 Å².